The van der Waals surface area contributed by atoms with Gasteiger partial charge in [-0.2, -0.15) is 0 Å². The standard InChI is InChI=1S/C17H16F2N2O/c1-21(17(22)11-4-5-11)16(12-3-2-8-20-10-12)14-7-6-13(18)9-15(14)19/h2-3,6-11,16H,4-5H2,1H3. The van der Waals surface area contributed by atoms with Crippen LogP contribution in [0.3, 0.4) is 0 Å². The van der Waals surface area contributed by atoms with Crippen LogP contribution in [0.15, 0.2) is 42.7 Å². The Morgan fingerprint density at radius 3 is 2.68 bits per heavy atom. The minimum absolute atomic E-state index is 0.0161. The monoisotopic (exact) mass is 302 g/mol. The summed E-state index contributed by atoms with van der Waals surface area (Å²) in [6.45, 7) is 0. The molecule has 3 nitrogen and oxygen atoms in total. The van der Waals surface area contributed by atoms with Crippen molar-refractivity contribution in [2.75, 3.05) is 7.05 Å². The van der Waals surface area contributed by atoms with Crippen molar-refractivity contribution >= 4 is 5.91 Å². The van der Waals surface area contributed by atoms with Crippen molar-refractivity contribution in [3.05, 3.63) is 65.5 Å². The van der Waals surface area contributed by atoms with Gasteiger partial charge in [-0.15, -0.1) is 0 Å². The van der Waals surface area contributed by atoms with Crippen LogP contribution in [0.2, 0.25) is 0 Å². The molecule has 114 valence electrons. The number of aromatic nitrogens is 1. The Morgan fingerprint density at radius 1 is 1.32 bits per heavy atom. The van der Waals surface area contributed by atoms with E-state index in [4.69, 9.17) is 0 Å². The van der Waals surface area contributed by atoms with Crippen molar-refractivity contribution in [1.82, 2.24) is 9.88 Å². The average molecular weight is 302 g/mol. The molecule has 1 aromatic heterocycles. The highest BCUT2D eigenvalue weighted by Gasteiger charge is 2.36. The summed E-state index contributed by atoms with van der Waals surface area (Å²) >= 11 is 0. The van der Waals surface area contributed by atoms with Crippen molar-refractivity contribution in [1.29, 1.82) is 0 Å². The molecule has 1 fully saturated rings. The fraction of sp³-hybridized carbons (Fsp3) is 0.294. The molecule has 1 amide bonds. The minimum Gasteiger partial charge on any atom is -0.334 e. The van der Waals surface area contributed by atoms with Crippen LogP contribution < -0.4 is 0 Å². The van der Waals surface area contributed by atoms with E-state index >= 15 is 0 Å². The van der Waals surface area contributed by atoms with Gasteiger partial charge < -0.3 is 4.90 Å². The Bertz CT molecular complexity index is 686. The van der Waals surface area contributed by atoms with E-state index < -0.39 is 17.7 Å². The van der Waals surface area contributed by atoms with E-state index in [-0.39, 0.29) is 17.4 Å². The molecule has 0 N–H and O–H groups in total. The summed E-state index contributed by atoms with van der Waals surface area (Å²) in [6, 6.07) is 6.35. The Balaban J connectivity index is 2.04. The lowest BCUT2D eigenvalue weighted by atomic mass is 9.97. The third-order valence-corrected chi connectivity index (χ3v) is 3.92. The molecule has 0 radical (unpaired) electrons. The molecule has 0 saturated heterocycles. The summed E-state index contributed by atoms with van der Waals surface area (Å²) in [5, 5.41) is 0. The maximum atomic E-state index is 14.2. The number of hydrogen-bond donors (Lipinski definition) is 0. The second-order valence-corrected chi connectivity index (χ2v) is 5.58. The molecule has 22 heavy (non-hydrogen) atoms. The van der Waals surface area contributed by atoms with Crippen molar-refractivity contribution in [2.45, 2.75) is 18.9 Å². The second kappa shape index (κ2) is 5.83. The zero-order valence-corrected chi connectivity index (χ0v) is 12.2. The first-order valence-corrected chi connectivity index (χ1v) is 7.19. The van der Waals surface area contributed by atoms with Gasteiger partial charge in [0.05, 0.1) is 6.04 Å². The van der Waals surface area contributed by atoms with E-state index in [1.807, 2.05) is 0 Å². The average Bonchev–Trinajstić information content (AvgIpc) is 3.34. The molecule has 3 rings (SSSR count). The molecule has 2 aromatic rings. The first kappa shape index (κ1) is 14.6. The van der Waals surface area contributed by atoms with Crippen LogP contribution in [0, 0.1) is 17.6 Å². The molecule has 1 heterocycles. The predicted octanol–water partition coefficient (Wildman–Crippen LogP) is 3.32. The number of halogens is 2. The van der Waals surface area contributed by atoms with Crippen molar-refractivity contribution in [3.63, 3.8) is 0 Å². The van der Waals surface area contributed by atoms with Gasteiger partial charge in [0, 0.05) is 37.0 Å². The molecule has 1 saturated carbocycles. The van der Waals surface area contributed by atoms with E-state index in [9.17, 15) is 13.6 Å². The zero-order valence-electron chi connectivity index (χ0n) is 12.2. The first-order chi connectivity index (χ1) is 10.6. The van der Waals surface area contributed by atoms with Gasteiger partial charge in [-0.1, -0.05) is 12.1 Å². The highest BCUT2D eigenvalue weighted by molar-refractivity contribution is 5.81. The Morgan fingerprint density at radius 2 is 2.09 bits per heavy atom. The largest absolute Gasteiger partial charge is 0.334 e. The smallest absolute Gasteiger partial charge is 0.226 e. The number of benzene rings is 1. The highest BCUT2D eigenvalue weighted by Crippen LogP contribution is 2.36. The van der Waals surface area contributed by atoms with Crippen molar-refractivity contribution in [3.8, 4) is 0 Å². The van der Waals surface area contributed by atoms with Crippen molar-refractivity contribution < 1.29 is 13.6 Å². The summed E-state index contributed by atoms with van der Waals surface area (Å²) in [5.41, 5.74) is 0.968. The van der Waals surface area contributed by atoms with Crippen LogP contribution in [0.5, 0.6) is 0 Å². The number of rotatable bonds is 4. The lowest BCUT2D eigenvalue weighted by molar-refractivity contribution is -0.132. The van der Waals surface area contributed by atoms with Crippen LogP contribution in [0.4, 0.5) is 8.78 Å². The van der Waals surface area contributed by atoms with Gasteiger partial charge >= 0.3 is 0 Å². The highest BCUT2D eigenvalue weighted by atomic mass is 19.1. The van der Waals surface area contributed by atoms with Crippen LogP contribution in [-0.4, -0.2) is 22.8 Å². The number of nitrogens with zero attached hydrogens (tertiary/aromatic N) is 2. The first-order valence-electron chi connectivity index (χ1n) is 7.19. The zero-order chi connectivity index (χ0) is 15.7. The van der Waals surface area contributed by atoms with E-state index in [1.54, 1.807) is 31.6 Å². The molecule has 1 atom stereocenters. The third kappa shape index (κ3) is 2.84. The van der Waals surface area contributed by atoms with Crippen LogP contribution in [0.1, 0.15) is 30.0 Å². The molecule has 0 aliphatic heterocycles. The molecule has 1 aliphatic carbocycles. The topological polar surface area (TPSA) is 33.2 Å². The Labute approximate surface area is 127 Å². The van der Waals surface area contributed by atoms with E-state index in [0.29, 0.717) is 5.56 Å². The quantitative estimate of drug-likeness (QED) is 0.868. The molecule has 1 aliphatic rings. The number of pyridine rings is 1. The summed E-state index contributed by atoms with van der Waals surface area (Å²) in [6.07, 6.45) is 4.96. The summed E-state index contributed by atoms with van der Waals surface area (Å²) < 4.78 is 27.4. The summed E-state index contributed by atoms with van der Waals surface area (Å²) in [4.78, 5) is 18.0. The molecule has 0 bridgehead atoms. The summed E-state index contributed by atoms with van der Waals surface area (Å²) in [5.74, 6) is -1.29. The maximum absolute atomic E-state index is 14.2. The number of carbonyl (C=O) groups is 1. The Hall–Kier alpha value is -2.30. The Kier molecular flexibility index (Phi) is 3.88. The lowest BCUT2D eigenvalue weighted by Crippen LogP contribution is -2.33. The van der Waals surface area contributed by atoms with E-state index in [0.717, 1.165) is 18.9 Å². The SMILES string of the molecule is CN(C(=O)C1CC1)C(c1cccnc1)c1ccc(F)cc1F. The van der Waals surface area contributed by atoms with Crippen LogP contribution in [0.25, 0.3) is 0 Å². The number of carbonyl (C=O) groups excluding carboxylic acids is 1. The third-order valence-electron chi connectivity index (χ3n) is 3.92. The van der Waals surface area contributed by atoms with Crippen molar-refractivity contribution in [2.24, 2.45) is 5.92 Å². The lowest BCUT2D eigenvalue weighted by Gasteiger charge is -2.29. The predicted molar refractivity (Wildman–Crippen MR) is 77.9 cm³/mol. The summed E-state index contributed by atoms with van der Waals surface area (Å²) in [7, 11) is 1.65. The molecule has 0 spiro atoms. The van der Waals surface area contributed by atoms with Crippen LogP contribution in [-0.2, 0) is 4.79 Å². The van der Waals surface area contributed by atoms with Gasteiger partial charge in [0.15, 0.2) is 0 Å². The number of amides is 1. The van der Waals surface area contributed by atoms with E-state index in [1.165, 1.54) is 17.0 Å². The van der Waals surface area contributed by atoms with Gasteiger partial charge in [-0.25, -0.2) is 8.78 Å². The van der Waals surface area contributed by atoms with Gasteiger partial charge in [0.1, 0.15) is 11.6 Å². The molecular formula is C17H16F2N2O. The molecule has 1 unspecified atom stereocenters. The van der Waals surface area contributed by atoms with E-state index in [2.05, 4.69) is 4.98 Å². The van der Waals surface area contributed by atoms with Gasteiger partial charge in [-0.3, -0.25) is 9.78 Å². The normalized spacial score (nSPS) is 15.4. The maximum Gasteiger partial charge on any atom is 0.226 e. The van der Waals surface area contributed by atoms with Gasteiger partial charge in [0.25, 0.3) is 0 Å². The van der Waals surface area contributed by atoms with Gasteiger partial charge in [0.2, 0.25) is 5.91 Å². The molecule has 5 heteroatoms. The number of hydrogen-bond acceptors (Lipinski definition) is 2. The fourth-order valence-corrected chi connectivity index (χ4v) is 2.62. The van der Waals surface area contributed by atoms with Gasteiger partial charge in [-0.05, 0) is 30.5 Å². The minimum atomic E-state index is -0.663. The second-order valence-electron chi connectivity index (χ2n) is 5.58. The van der Waals surface area contributed by atoms with Crippen LogP contribution >= 0.6 is 0 Å². The molecule has 1 aromatic carbocycles. The fourth-order valence-electron chi connectivity index (χ4n) is 2.62. The molecular weight excluding hydrogens is 286 g/mol.